The van der Waals surface area contributed by atoms with Crippen LogP contribution < -0.4 is 5.32 Å². The van der Waals surface area contributed by atoms with E-state index in [9.17, 15) is 0 Å². The van der Waals surface area contributed by atoms with E-state index < -0.39 is 0 Å². The lowest BCUT2D eigenvalue weighted by Gasteiger charge is -2.49. The van der Waals surface area contributed by atoms with Crippen LogP contribution in [-0.4, -0.2) is 18.8 Å². The molecule has 2 aliphatic rings. The Balaban J connectivity index is 1.77. The van der Waals surface area contributed by atoms with Crippen LogP contribution in [0.15, 0.2) is 24.3 Å². The number of nitrogens with one attached hydrogen (secondary N) is 1. The van der Waals surface area contributed by atoms with Crippen LogP contribution in [0.3, 0.4) is 0 Å². The van der Waals surface area contributed by atoms with Gasteiger partial charge in [-0.15, -0.1) is 0 Å². The summed E-state index contributed by atoms with van der Waals surface area (Å²) >= 11 is 6.20. The van der Waals surface area contributed by atoms with Crippen LogP contribution >= 0.6 is 11.6 Å². The van der Waals surface area contributed by atoms with Gasteiger partial charge in [0.15, 0.2) is 0 Å². The average Bonchev–Trinajstić information content (AvgIpc) is 2.46. The second-order valence-electron chi connectivity index (χ2n) is 6.62. The third-order valence-electron chi connectivity index (χ3n) is 5.09. The van der Waals surface area contributed by atoms with Gasteiger partial charge in [0.25, 0.3) is 0 Å². The molecule has 1 spiro atoms. The maximum atomic E-state index is 6.20. The summed E-state index contributed by atoms with van der Waals surface area (Å²) in [5.74, 6) is 0.657. The first-order valence-corrected chi connectivity index (χ1v) is 8.73. The molecule has 1 aromatic rings. The summed E-state index contributed by atoms with van der Waals surface area (Å²) in [5.41, 5.74) is 1.53. The molecule has 1 saturated heterocycles. The Morgan fingerprint density at radius 3 is 2.95 bits per heavy atom. The summed E-state index contributed by atoms with van der Waals surface area (Å²) < 4.78 is 6.09. The number of hydrogen-bond acceptors (Lipinski definition) is 2. The number of hydrogen-bond donors (Lipinski definition) is 1. The highest BCUT2D eigenvalue weighted by molar-refractivity contribution is 6.30. The Kier molecular flexibility index (Phi) is 4.88. The number of halogens is 1. The van der Waals surface area contributed by atoms with Crippen LogP contribution in [0.1, 0.15) is 57.1 Å². The smallest absolute Gasteiger partial charge is 0.0686 e. The molecule has 0 radical (unpaired) electrons. The van der Waals surface area contributed by atoms with E-state index in [1.54, 1.807) is 0 Å². The Labute approximate surface area is 133 Å². The summed E-state index contributed by atoms with van der Waals surface area (Å²) in [6, 6.07) is 8.76. The summed E-state index contributed by atoms with van der Waals surface area (Å²) in [7, 11) is 0. The van der Waals surface area contributed by atoms with Crippen LogP contribution in [0.5, 0.6) is 0 Å². The van der Waals surface area contributed by atoms with Crippen molar-refractivity contribution in [2.75, 3.05) is 13.2 Å². The monoisotopic (exact) mass is 307 g/mol. The van der Waals surface area contributed by atoms with Gasteiger partial charge in [-0.1, -0.05) is 30.7 Å². The van der Waals surface area contributed by atoms with Crippen molar-refractivity contribution < 1.29 is 4.74 Å². The first-order valence-electron chi connectivity index (χ1n) is 8.35. The fourth-order valence-corrected chi connectivity index (χ4v) is 4.03. The molecule has 1 aliphatic heterocycles. The SMILES string of the molecule is CCCNC(c1cccc(Cl)c1)C1CCOC2(CCC2)C1. The minimum atomic E-state index is 0.202. The van der Waals surface area contributed by atoms with Crippen LogP contribution in [0.25, 0.3) is 0 Å². The van der Waals surface area contributed by atoms with Crippen LogP contribution in [0.2, 0.25) is 5.02 Å². The molecule has 116 valence electrons. The molecule has 2 fully saturated rings. The first kappa shape index (κ1) is 15.3. The zero-order valence-corrected chi connectivity index (χ0v) is 13.7. The third kappa shape index (κ3) is 3.44. The molecule has 2 unspecified atom stereocenters. The maximum Gasteiger partial charge on any atom is 0.0686 e. The molecular formula is C18H26ClNO. The van der Waals surface area contributed by atoms with Gasteiger partial charge in [-0.2, -0.15) is 0 Å². The summed E-state index contributed by atoms with van der Waals surface area (Å²) in [6.45, 7) is 4.19. The van der Waals surface area contributed by atoms with E-state index in [0.717, 1.165) is 31.0 Å². The molecule has 0 aromatic heterocycles. The highest BCUT2D eigenvalue weighted by Crippen LogP contribution is 2.47. The summed E-state index contributed by atoms with van der Waals surface area (Å²) in [6.07, 6.45) is 7.33. The van der Waals surface area contributed by atoms with Gasteiger partial charge in [-0.05, 0) is 68.7 Å². The van der Waals surface area contributed by atoms with Crippen molar-refractivity contribution >= 4 is 11.6 Å². The maximum absolute atomic E-state index is 6.20. The molecule has 1 aromatic carbocycles. The number of rotatable bonds is 5. The molecule has 2 nitrogen and oxygen atoms in total. The fraction of sp³-hybridized carbons (Fsp3) is 0.667. The highest BCUT2D eigenvalue weighted by atomic mass is 35.5. The summed E-state index contributed by atoms with van der Waals surface area (Å²) in [4.78, 5) is 0. The molecule has 3 rings (SSSR count). The van der Waals surface area contributed by atoms with E-state index in [1.807, 2.05) is 6.07 Å². The predicted octanol–water partition coefficient (Wildman–Crippen LogP) is 4.73. The van der Waals surface area contributed by atoms with Gasteiger partial charge in [0.05, 0.1) is 5.60 Å². The normalized spacial score (nSPS) is 25.5. The van der Waals surface area contributed by atoms with Crippen molar-refractivity contribution in [1.82, 2.24) is 5.32 Å². The van der Waals surface area contributed by atoms with Crippen molar-refractivity contribution in [1.29, 1.82) is 0 Å². The molecule has 3 heteroatoms. The van der Waals surface area contributed by atoms with Crippen LogP contribution in [0, 0.1) is 5.92 Å². The number of benzene rings is 1. The van der Waals surface area contributed by atoms with Crippen molar-refractivity contribution in [3.63, 3.8) is 0 Å². The molecule has 1 heterocycles. The Morgan fingerprint density at radius 1 is 1.43 bits per heavy atom. The quantitative estimate of drug-likeness (QED) is 0.849. The van der Waals surface area contributed by atoms with E-state index >= 15 is 0 Å². The zero-order valence-electron chi connectivity index (χ0n) is 12.9. The van der Waals surface area contributed by atoms with Gasteiger partial charge in [0, 0.05) is 17.7 Å². The lowest BCUT2D eigenvalue weighted by Crippen LogP contribution is -2.48. The highest BCUT2D eigenvalue weighted by Gasteiger charge is 2.44. The molecule has 2 atom stereocenters. The fourth-order valence-electron chi connectivity index (χ4n) is 3.83. The average molecular weight is 308 g/mol. The molecule has 21 heavy (non-hydrogen) atoms. The van der Waals surface area contributed by atoms with Gasteiger partial charge in [-0.25, -0.2) is 0 Å². The Bertz CT molecular complexity index is 472. The molecule has 1 saturated carbocycles. The van der Waals surface area contributed by atoms with Gasteiger partial charge >= 0.3 is 0 Å². The van der Waals surface area contributed by atoms with Crippen molar-refractivity contribution in [3.8, 4) is 0 Å². The van der Waals surface area contributed by atoms with E-state index in [4.69, 9.17) is 16.3 Å². The molecule has 0 bridgehead atoms. The Morgan fingerprint density at radius 2 is 2.29 bits per heavy atom. The topological polar surface area (TPSA) is 21.3 Å². The number of ether oxygens (including phenoxy) is 1. The second-order valence-corrected chi connectivity index (χ2v) is 7.06. The molecular weight excluding hydrogens is 282 g/mol. The van der Waals surface area contributed by atoms with Crippen LogP contribution in [0.4, 0.5) is 0 Å². The third-order valence-corrected chi connectivity index (χ3v) is 5.32. The van der Waals surface area contributed by atoms with Gasteiger partial charge in [-0.3, -0.25) is 0 Å². The largest absolute Gasteiger partial charge is 0.375 e. The minimum Gasteiger partial charge on any atom is -0.375 e. The van der Waals surface area contributed by atoms with Gasteiger partial charge < -0.3 is 10.1 Å². The van der Waals surface area contributed by atoms with Crippen molar-refractivity contribution in [2.24, 2.45) is 5.92 Å². The van der Waals surface area contributed by atoms with E-state index in [0.29, 0.717) is 12.0 Å². The lowest BCUT2D eigenvalue weighted by atomic mass is 9.69. The summed E-state index contributed by atoms with van der Waals surface area (Å²) in [5, 5.41) is 4.59. The Hall–Kier alpha value is -0.570. The molecule has 1 aliphatic carbocycles. The minimum absolute atomic E-state index is 0.202. The van der Waals surface area contributed by atoms with Crippen molar-refractivity contribution in [2.45, 2.75) is 57.1 Å². The van der Waals surface area contributed by atoms with E-state index in [-0.39, 0.29) is 5.60 Å². The van der Waals surface area contributed by atoms with E-state index in [1.165, 1.54) is 31.2 Å². The van der Waals surface area contributed by atoms with Gasteiger partial charge in [0.2, 0.25) is 0 Å². The molecule has 1 N–H and O–H groups in total. The lowest BCUT2D eigenvalue weighted by molar-refractivity contribution is -0.147. The van der Waals surface area contributed by atoms with Crippen LogP contribution in [-0.2, 0) is 4.74 Å². The predicted molar refractivity (Wildman–Crippen MR) is 87.7 cm³/mol. The first-order chi connectivity index (χ1) is 10.2. The van der Waals surface area contributed by atoms with Crippen molar-refractivity contribution in [3.05, 3.63) is 34.9 Å². The van der Waals surface area contributed by atoms with Gasteiger partial charge in [0.1, 0.15) is 0 Å². The van der Waals surface area contributed by atoms with E-state index in [2.05, 4.69) is 30.4 Å². The standard InChI is InChI=1S/C18H26ClNO/c1-2-10-20-17(14-5-3-6-16(19)12-14)15-7-11-21-18(13-15)8-4-9-18/h3,5-6,12,15,17,20H,2,4,7-11,13H2,1H3. The second kappa shape index (κ2) is 6.68. The zero-order chi connectivity index (χ0) is 14.7. The molecule has 0 amide bonds.